The second kappa shape index (κ2) is 4.49. The molecule has 1 rings (SSSR count). The van der Waals surface area contributed by atoms with E-state index in [-0.39, 0.29) is 12.0 Å². The Morgan fingerprint density at radius 2 is 2.07 bits per heavy atom. The molecule has 2 N–H and O–H groups in total. The van der Waals surface area contributed by atoms with E-state index in [1.807, 2.05) is 13.8 Å². The number of aromatic nitrogens is 1. The minimum atomic E-state index is -4.34. The summed E-state index contributed by atoms with van der Waals surface area (Å²) in [5.41, 5.74) is 5.59. The Morgan fingerprint density at radius 1 is 1.47 bits per heavy atom. The SMILES string of the molecule is CC(N)CC(C)c1cnc(C(F)(F)F)s1. The summed E-state index contributed by atoms with van der Waals surface area (Å²) in [5.74, 6) is 0.0265. The van der Waals surface area contributed by atoms with Crippen LogP contribution in [-0.2, 0) is 6.18 Å². The highest BCUT2D eigenvalue weighted by molar-refractivity contribution is 7.11. The van der Waals surface area contributed by atoms with Gasteiger partial charge < -0.3 is 5.73 Å². The fourth-order valence-electron chi connectivity index (χ4n) is 1.32. The summed E-state index contributed by atoms with van der Waals surface area (Å²) in [6.07, 6.45) is -2.38. The van der Waals surface area contributed by atoms with Crippen molar-refractivity contribution in [3.63, 3.8) is 0 Å². The summed E-state index contributed by atoms with van der Waals surface area (Å²) in [6, 6.07) is -0.0172. The third-order valence-corrected chi connectivity index (χ3v) is 3.25. The van der Waals surface area contributed by atoms with Gasteiger partial charge in [0.2, 0.25) is 0 Å². The van der Waals surface area contributed by atoms with Crippen LogP contribution in [0.2, 0.25) is 0 Å². The van der Waals surface area contributed by atoms with Crippen molar-refractivity contribution in [2.75, 3.05) is 0 Å². The second-order valence-corrected chi connectivity index (χ2v) is 4.74. The van der Waals surface area contributed by atoms with Gasteiger partial charge in [-0.25, -0.2) is 4.98 Å². The molecule has 0 bridgehead atoms. The Bertz CT molecular complexity index is 319. The molecule has 6 heteroatoms. The van der Waals surface area contributed by atoms with Crippen molar-refractivity contribution < 1.29 is 13.2 Å². The van der Waals surface area contributed by atoms with Gasteiger partial charge in [-0.05, 0) is 19.3 Å². The molecule has 1 heterocycles. The van der Waals surface area contributed by atoms with E-state index >= 15 is 0 Å². The molecule has 2 nitrogen and oxygen atoms in total. The molecular formula is C9H13F3N2S. The molecule has 0 radical (unpaired) electrons. The maximum absolute atomic E-state index is 12.3. The molecule has 1 aromatic rings. The Balaban J connectivity index is 2.76. The molecule has 86 valence electrons. The van der Waals surface area contributed by atoms with E-state index in [9.17, 15) is 13.2 Å². The molecule has 0 saturated heterocycles. The Morgan fingerprint density at radius 3 is 2.47 bits per heavy atom. The van der Waals surface area contributed by atoms with E-state index in [1.54, 1.807) is 0 Å². The van der Waals surface area contributed by atoms with Crippen LogP contribution in [0, 0.1) is 0 Å². The molecule has 0 aliphatic carbocycles. The number of rotatable bonds is 3. The average molecular weight is 238 g/mol. The van der Waals surface area contributed by atoms with Crippen molar-refractivity contribution >= 4 is 11.3 Å². The maximum Gasteiger partial charge on any atom is 0.443 e. The van der Waals surface area contributed by atoms with Crippen molar-refractivity contribution in [1.82, 2.24) is 4.98 Å². The van der Waals surface area contributed by atoms with Gasteiger partial charge in [0.25, 0.3) is 0 Å². The first-order chi connectivity index (χ1) is 6.80. The van der Waals surface area contributed by atoms with Crippen molar-refractivity contribution in [2.24, 2.45) is 5.73 Å². The van der Waals surface area contributed by atoms with Crippen LogP contribution < -0.4 is 5.73 Å². The predicted octanol–water partition coefficient (Wildman–Crippen LogP) is 3.00. The summed E-state index contributed by atoms with van der Waals surface area (Å²) in [4.78, 5) is 4.01. The second-order valence-electron chi connectivity index (χ2n) is 3.68. The average Bonchev–Trinajstić information content (AvgIpc) is 2.48. The van der Waals surface area contributed by atoms with Gasteiger partial charge in [0, 0.05) is 17.1 Å². The summed E-state index contributed by atoms with van der Waals surface area (Å²) in [5, 5.41) is -0.783. The van der Waals surface area contributed by atoms with Crippen LogP contribution in [0.1, 0.15) is 36.1 Å². The number of halogens is 3. The highest BCUT2D eigenvalue weighted by atomic mass is 32.1. The van der Waals surface area contributed by atoms with E-state index in [0.29, 0.717) is 22.6 Å². The number of alkyl halides is 3. The van der Waals surface area contributed by atoms with Crippen LogP contribution >= 0.6 is 11.3 Å². The monoisotopic (exact) mass is 238 g/mol. The Kier molecular flexibility index (Phi) is 3.72. The lowest BCUT2D eigenvalue weighted by Gasteiger charge is -2.11. The van der Waals surface area contributed by atoms with Gasteiger partial charge in [-0.2, -0.15) is 13.2 Å². The highest BCUT2D eigenvalue weighted by Crippen LogP contribution is 2.35. The molecule has 0 spiro atoms. The highest BCUT2D eigenvalue weighted by Gasteiger charge is 2.34. The lowest BCUT2D eigenvalue weighted by molar-refractivity contribution is -0.137. The maximum atomic E-state index is 12.3. The molecule has 2 atom stereocenters. The number of nitrogens with two attached hydrogens (primary N) is 1. The summed E-state index contributed by atoms with van der Waals surface area (Å²) in [7, 11) is 0. The fourth-order valence-corrected chi connectivity index (χ4v) is 2.17. The van der Waals surface area contributed by atoms with Crippen LogP contribution in [0.3, 0.4) is 0 Å². The largest absolute Gasteiger partial charge is 0.443 e. The van der Waals surface area contributed by atoms with Gasteiger partial charge in [0.05, 0.1) is 0 Å². The van der Waals surface area contributed by atoms with Gasteiger partial charge in [-0.1, -0.05) is 6.92 Å². The lowest BCUT2D eigenvalue weighted by Crippen LogP contribution is -2.17. The summed E-state index contributed by atoms with van der Waals surface area (Å²) < 4.78 is 36.8. The van der Waals surface area contributed by atoms with Crippen LogP contribution in [0.25, 0.3) is 0 Å². The summed E-state index contributed by atoms with van der Waals surface area (Å²) >= 11 is 0.698. The van der Waals surface area contributed by atoms with Crippen LogP contribution in [0.5, 0.6) is 0 Å². The first-order valence-corrected chi connectivity index (χ1v) is 5.41. The molecule has 0 aliphatic heterocycles. The third-order valence-electron chi connectivity index (χ3n) is 1.98. The fraction of sp³-hybridized carbons (Fsp3) is 0.667. The van der Waals surface area contributed by atoms with E-state index in [1.165, 1.54) is 6.20 Å². The van der Waals surface area contributed by atoms with E-state index in [4.69, 9.17) is 5.73 Å². The quantitative estimate of drug-likeness (QED) is 0.879. The zero-order chi connectivity index (χ0) is 11.6. The topological polar surface area (TPSA) is 38.9 Å². The lowest BCUT2D eigenvalue weighted by atomic mass is 10.0. The van der Waals surface area contributed by atoms with Crippen LogP contribution in [-0.4, -0.2) is 11.0 Å². The smallest absolute Gasteiger partial charge is 0.328 e. The van der Waals surface area contributed by atoms with Gasteiger partial charge in [0.15, 0.2) is 5.01 Å². The number of thiazole rings is 1. The molecule has 0 aromatic carbocycles. The van der Waals surface area contributed by atoms with E-state index in [0.717, 1.165) is 0 Å². The summed E-state index contributed by atoms with van der Waals surface area (Å²) in [6.45, 7) is 3.69. The minimum absolute atomic E-state index is 0.0172. The predicted molar refractivity (Wildman–Crippen MR) is 53.8 cm³/mol. The minimum Gasteiger partial charge on any atom is -0.328 e. The standard InChI is InChI=1S/C9H13F3N2S/c1-5(3-6(2)13)7-4-14-8(15-7)9(10,11)12/h4-6H,3,13H2,1-2H3. The van der Waals surface area contributed by atoms with Gasteiger partial charge in [0.1, 0.15) is 0 Å². The number of nitrogens with zero attached hydrogens (tertiary/aromatic N) is 1. The molecule has 15 heavy (non-hydrogen) atoms. The first-order valence-electron chi connectivity index (χ1n) is 4.59. The van der Waals surface area contributed by atoms with E-state index in [2.05, 4.69) is 4.98 Å². The normalized spacial score (nSPS) is 16.4. The zero-order valence-corrected chi connectivity index (χ0v) is 9.32. The molecule has 0 fully saturated rings. The third kappa shape index (κ3) is 3.46. The van der Waals surface area contributed by atoms with Crippen molar-refractivity contribution in [1.29, 1.82) is 0 Å². The van der Waals surface area contributed by atoms with Gasteiger partial charge in [-0.15, -0.1) is 11.3 Å². The Hall–Kier alpha value is -0.620. The first kappa shape index (κ1) is 12.4. The van der Waals surface area contributed by atoms with Gasteiger partial charge >= 0.3 is 6.18 Å². The zero-order valence-electron chi connectivity index (χ0n) is 8.51. The number of hydrogen-bond donors (Lipinski definition) is 1. The number of hydrogen-bond acceptors (Lipinski definition) is 3. The molecule has 0 aliphatic rings. The van der Waals surface area contributed by atoms with Gasteiger partial charge in [-0.3, -0.25) is 0 Å². The van der Waals surface area contributed by atoms with E-state index < -0.39 is 11.2 Å². The van der Waals surface area contributed by atoms with Crippen LogP contribution in [0.4, 0.5) is 13.2 Å². The van der Waals surface area contributed by atoms with Crippen molar-refractivity contribution in [3.8, 4) is 0 Å². The van der Waals surface area contributed by atoms with Crippen molar-refractivity contribution in [3.05, 3.63) is 16.1 Å². The molecule has 0 saturated carbocycles. The van der Waals surface area contributed by atoms with Crippen molar-refractivity contribution in [2.45, 2.75) is 38.4 Å². The molecule has 1 aromatic heterocycles. The van der Waals surface area contributed by atoms with Crippen LogP contribution in [0.15, 0.2) is 6.20 Å². The molecular weight excluding hydrogens is 225 g/mol. The molecule has 2 unspecified atom stereocenters. The Labute approximate surface area is 90.3 Å². The molecule has 0 amide bonds.